The first-order chi connectivity index (χ1) is 11.8. The molecule has 1 aromatic carbocycles. The zero-order valence-electron chi connectivity index (χ0n) is 15.2. The Bertz CT molecular complexity index is 636. The van der Waals surface area contributed by atoms with Gasteiger partial charge in [-0.3, -0.25) is 14.4 Å². The minimum Gasteiger partial charge on any atom is -0.481 e. The van der Waals surface area contributed by atoms with Crippen LogP contribution in [0.3, 0.4) is 0 Å². The van der Waals surface area contributed by atoms with E-state index in [1.807, 2.05) is 30.4 Å². The molecule has 0 bridgehead atoms. The molecule has 0 aliphatic heterocycles. The second-order valence-electron chi connectivity index (χ2n) is 6.31. The highest BCUT2D eigenvalue weighted by molar-refractivity contribution is 5.96. The Balaban J connectivity index is 2.51. The van der Waals surface area contributed by atoms with Crippen molar-refractivity contribution in [3.63, 3.8) is 0 Å². The van der Waals surface area contributed by atoms with Gasteiger partial charge in [-0.1, -0.05) is 37.3 Å². The number of carbonyl (C=O) groups is 3. The lowest BCUT2D eigenvalue weighted by atomic mass is 9.99. The van der Waals surface area contributed by atoms with Gasteiger partial charge in [0, 0.05) is 32.5 Å². The lowest BCUT2D eigenvalue weighted by Crippen LogP contribution is -2.24. The summed E-state index contributed by atoms with van der Waals surface area (Å²) in [5, 5.41) is 8.87. The van der Waals surface area contributed by atoms with Crippen LogP contribution in [-0.2, 0) is 9.59 Å². The second-order valence-corrected chi connectivity index (χ2v) is 6.31. The van der Waals surface area contributed by atoms with Crippen molar-refractivity contribution in [1.82, 2.24) is 4.90 Å². The highest BCUT2D eigenvalue weighted by Gasteiger charge is 2.14. The van der Waals surface area contributed by atoms with Crippen molar-refractivity contribution in [1.29, 1.82) is 0 Å². The van der Waals surface area contributed by atoms with Crippen molar-refractivity contribution in [2.45, 2.75) is 39.5 Å². The van der Waals surface area contributed by atoms with Crippen LogP contribution < -0.4 is 0 Å². The number of benzene rings is 1. The molecule has 0 aliphatic rings. The number of carboxylic acid groups (broad SMARTS) is 1. The fraction of sp³-hybridized carbons (Fsp3) is 0.450. The smallest absolute Gasteiger partial charge is 0.306 e. The lowest BCUT2D eigenvalue weighted by Gasteiger charge is -2.13. The Morgan fingerprint density at radius 3 is 2.64 bits per heavy atom. The van der Waals surface area contributed by atoms with Crippen molar-refractivity contribution in [3.8, 4) is 0 Å². The zero-order chi connectivity index (χ0) is 18.8. The predicted molar refractivity (Wildman–Crippen MR) is 98.4 cm³/mol. The van der Waals surface area contributed by atoms with Crippen molar-refractivity contribution < 1.29 is 19.5 Å². The fourth-order valence-corrected chi connectivity index (χ4v) is 2.25. The van der Waals surface area contributed by atoms with Crippen LogP contribution in [0.2, 0.25) is 0 Å². The van der Waals surface area contributed by atoms with E-state index in [2.05, 4.69) is 0 Å². The molecule has 136 valence electrons. The van der Waals surface area contributed by atoms with Crippen LogP contribution in [0.4, 0.5) is 0 Å². The molecule has 5 heteroatoms. The SMILES string of the molecule is CC(=O)N(C)CCC/C=C\c1cccc(C(=O)CC[C@H](C)C(=O)O)c1. The Kier molecular flexibility index (Phi) is 8.61. The average molecular weight is 345 g/mol. The molecule has 0 saturated heterocycles. The van der Waals surface area contributed by atoms with Gasteiger partial charge in [-0.15, -0.1) is 0 Å². The Morgan fingerprint density at radius 1 is 1.28 bits per heavy atom. The molecule has 0 saturated carbocycles. The molecular formula is C20H27NO4. The topological polar surface area (TPSA) is 74.7 Å². The predicted octanol–water partition coefficient (Wildman–Crippen LogP) is 3.64. The van der Waals surface area contributed by atoms with E-state index >= 15 is 0 Å². The minimum atomic E-state index is -0.875. The number of hydrogen-bond donors (Lipinski definition) is 1. The molecule has 1 aromatic rings. The largest absolute Gasteiger partial charge is 0.481 e. The van der Waals surface area contributed by atoms with Gasteiger partial charge in [-0.25, -0.2) is 0 Å². The van der Waals surface area contributed by atoms with E-state index in [0.29, 0.717) is 12.0 Å². The molecule has 0 heterocycles. The number of hydrogen-bond acceptors (Lipinski definition) is 3. The van der Waals surface area contributed by atoms with Crippen LogP contribution >= 0.6 is 0 Å². The summed E-state index contributed by atoms with van der Waals surface area (Å²) >= 11 is 0. The van der Waals surface area contributed by atoms with E-state index in [1.54, 1.807) is 31.9 Å². The number of amides is 1. The molecule has 0 aromatic heterocycles. The first-order valence-electron chi connectivity index (χ1n) is 8.55. The number of allylic oxidation sites excluding steroid dienone is 1. The molecule has 0 radical (unpaired) electrons. The van der Waals surface area contributed by atoms with Gasteiger partial charge in [0.15, 0.2) is 5.78 Å². The second kappa shape index (κ2) is 10.4. The van der Waals surface area contributed by atoms with E-state index in [4.69, 9.17) is 5.11 Å². The molecular weight excluding hydrogens is 318 g/mol. The van der Waals surface area contributed by atoms with Gasteiger partial charge < -0.3 is 10.0 Å². The quantitative estimate of drug-likeness (QED) is 0.519. The zero-order valence-corrected chi connectivity index (χ0v) is 15.2. The molecule has 1 rings (SSSR count). The average Bonchev–Trinajstić information content (AvgIpc) is 2.58. The summed E-state index contributed by atoms with van der Waals surface area (Å²) in [6.45, 7) is 3.88. The summed E-state index contributed by atoms with van der Waals surface area (Å²) in [7, 11) is 1.78. The van der Waals surface area contributed by atoms with Crippen LogP contribution in [0.25, 0.3) is 6.08 Å². The Hall–Kier alpha value is -2.43. The molecule has 0 aliphatic carbocycles. The summed E-state index contributed by atoms with van der Waals surface area (Å²) in [5.41, 5.74) is 1.55. The summed E-state index contributed by atoms with van der Waals surface area (Å²) in [6, 6.07) is 7.34. The maximum absolute atomic E-state index is 12.2. The lowest BCUT2D eigenvalue weighted by molar-refractivity contribution is -0.141. The number of rotatable bonds is 10. The van der Waals surface area contributed by atoms with Crippen molar-refractivity contribution in [3.05, 3.63) is 41.5 Å². The monoisotopic (exact) mass is 345 g/mol. The number of unbranched alkanes of at least 4 members (excludes halogenated alkanes) is 1. The number of carboxylic acids is 1. The van der Waals surface area contributed by atoms with E-state index in [1.165, 1.54) is 0 Å². The first kappa shape index (κ1) is 20.6. The van der Waals surface area contributed by atoms with Crippen molar-refractivity contribution in [2.24, 2.45) is 5.92 Å². The van der Waals surface area contributed by atoms with Gasteiger partial charge in [-0.05, 0) is 30.9 Å². The van der Waals surface area contributed by atoms with Crippen LogP contribution in [0, 0.1) is 5.92 Å². The number of ketones is 1. The van der Waals surface area contributed by atoms with Gasteiger partial charge in [0.05, 0.1) is 5.92 Å². The van der Waals surface area contributed by atoms with Gasteiger partial charge in [0.2, 0.25) is 5.91 Å². The van der Waals surface area contributed by atoms with E-state index in [9.17, 15) is 14.4 Å². The van der Waals surface area contributed by atoms with Crippen molar-refractivity contribution in [2.75, 3.05) is 13.6 Å². The standard InChI is InChI=1S/C20H27NO4/c1-15(20(24)25)11-12-19(23)18-10-7-9-17(14-18)8-5-4-6-13-21(3)16(2)22/h5,7-10,14-15H,4,6,11-13H2,1-3H3,(H,24,25)/b8-5-/t15-/m0/s1. The summed E-state index contributed by atoms with van der Waals surface area (Å²) in [4.78, 5) is 35.8. The third-order valence-corrected chi connectivity index (χ3v) is 4.15. The number of aliphatic carboxylic acids is 1. The van der Waals surface area contributed by atoms with Crippen LogP contribution in [0.1, 0.15) is 55.5 Å². The number of nitrogens with zero attached hydrogens (tertiary/aromatic N) is 1. The fourth-order valence-electron chi connectivity index (χ4n) is 2.25. The number of carbonyl (C=O) groups excluding carboxylic acids is 2. The summed E-state index contributed by atoms with van der Waals surface area (Å²) in [5.74, 6) is -1.36. The van der Waals surface area contributed by atoms with E-state index < -0.39 is 11.9 Å². The Morgan fingerprint density at radius 2 is 2.00 bits per heavy atom. The summed E-state index contributed by atoms with van der Waals surface area (Å²) < 4.78 is 0. The van der Waals surface area contributed by atoms with Gasteiger partial charge in [-0.2, -0.15) is 0 Å². The molecule has 0 spiro atoms. The van der Waals surface area contributed by atoms with Gasteiger partial charge >= 0.3 is 5.97 Å². The van der Waals surface area contributed by atoms with Crippen LogP contribution in [0.5, 0.6) is 0 Å². The van der Waals surface area contributed by atoms with E-state index in [-0.39, 0.29) is 18.1 Å². The molecule has 1 atom stereocenters. The van der Waals surface area contributed by atoms with Crippen molar-refractivity contribution >= 4 is 23.7 Å². The van der Waals surface area contributed by atoms with Crippen LogP contribution in [0.15, 0.2) is 30.3 Å². The Labute approximate surface area is 149 Å². The first-order valence-corrected chi connectivity index (χ1v) is 8.55. The normalized spacial score (nSPS) is 12.1. The maximum atomic E-state index is 12.2. The van der Waals surface area contributed by atoms with E-state index in [0.717, 1.165) is 24.9 Å². The highest BCUT2D eigenvalue weighted by atomic mass is 16.4. The maximum Gasteiger partial charge on any atom is 0.306 e. The third kappa shape index (κ3) is 7.79. The third-order valence-electron chi connectivity index (χ3n) is 4.15. The molecule has 0 fully saturated rings. The molecule has 25 heavy (non-hydrogen) atoms. The molecule has 5 nitrogen and oxygen atoms in total. The highest BCUT2D eigenvalue weighted by Crippen LogP contribution is 2.14. The molecule has 1 amide bonds. The number of Topliss-reactive ketones (excluding diaryl/α,β-unsaturated/α-hetero) is 1. The molecule has 1 N–H and O–H groups in total. The van der Waals surface area contributed by atoms with Crippen LogP contribution in [-0.4, -0.2) is 41.3 Å². The van der Waals surface area contributed by atoms with Gasteiger partial charge in [0.1, 0.15) is 0 Å². The minimum absolute atomic E-state index is 0.0357. The molecule has 0 unspecified atom stereocenters. The summed E-state index contributed by atoms with van der Waals surface area (Å²) in [6.07, 6.45) is 6.31. The van der Waals surface area contributed by atoms with Gasteiger partial charge in [0.25, 0.3) is 0 Å².